The van der Waals surface area contributed by atoms with Crippen LogP contribution in [0.15, 0.2) is 36.7 Å². The van der Waals surface area contributed by atoms with Crippen molar-refractivity contribution in [3.8, 4) is 5.75 Å². The Labute approximate surface area is 173 Å². The van der Waals surface area contributed by atoms with Gasteiger partial charge in [0.1, 0.15) is 11.9 Å². The van der Waals surface area contributed by atoms with Gasteiger partial charge in [-0.05, 0) is 30.7 Å². The van der Waals surface area contributed by atoms with E-state index < -0.39 is 30.4 Å². The van der Waals surface area contributed by atoms with Crippen LogP contribution in [0.25, 0.3) is 0 Å². The second-order valence-electron chi connectivity index (χ2n) is 6.80. The number of anilines is 1. The zero-order chi connectivity index (χ0) is 22.6. The normalized spacial score (nSPS) is 19.1. The summed E-state index contributed by atoms with van der Waals surface area (Å²) in [5, 5.41) is 8.97. The lowest BCUT2D eigenvalue weighted by Gasteiger charge is -2.24. The minimum Gasteiger partial charge on any atom is -0.489 e. The molecule has 31 heavy (non-hydrogen) atoms. The van der Waals surface area contributed by atoms with Crippen LogP contribution in [0, 0.1) is 0 Å². The van der Waals surface area contributed by atoms with E-state index in [2.05, 4.69) is 14.7 Å². The van der Waals surface area contributed by atoms with Gasteiger partial charge in [-0.1, -0.05) is 0 Å². The third-order valence-electron chi connectivity index (χ3n) is 4.70. The molecule has 12 heteroatoms. The predicted octanol–water partition coefficient (Wildman–Crippen LogP) is 3.85. The Morgan fingerprint density at radius 1 is 1.19 bits per heavy atom. The summed E-state index contributed by atoms with van der Waals surface area (Å²) < 4.78 is 72.8. The first-order chi connectivity index (χ1) is 14.6. The maximum Gasteiger partial charge on any atom is 0.416 e. The molecule has 168 valence electrons. The van der Waals surface area contributed by atoms with Gasteiger partial charge in [0.25, 0.3) is 0 Å². The van der Waals surface area contributed by atoms with Crippen molar-refractivity contribution < 1.29 is 41.3 Å². The molecule has 0 amide bonds. The highest BCUT2D eigenvalue weighted by Gasteiger charge is 2.35. The first-order valence-electron chi connectivity index (χ1n) is 9.19. The maximum atomic E-state index is 12.7. The number of carboxylic acid groups (broad SMARTS) is 1. The second kappa shape index (κ2) is 9.41. The van der Waals surface area contributed by atoms with Crippen LogP contribution in [0.3, 0.4) is 0 Å². The monoisotopic (exact) mass is 447 g/mol. The molecule has 0 unspecified atom stereocenters. The van der Waals surface area contributed by atoms with Crippen LogP contribution in [0.2, 0.25) is 0 Å². The number of aromatic carboxylic acids is 1. The maximum absolute atomic E-state index is 12.7. The summed E-state index contributed by atoms with van der Waals surface area (Å²) in [5.74, 6) is -0.784. The number of hydrogen-bond acceptors (Lipinski definition) is 6. The van der Waals surface area contributed by atoms with Crippen molar-refractivity contribution in [1.82, 2.24) is 9.97 Å². The number of carboxylic acids is 1. The lowest BCUT2D eigenvalue weighted by atomic mass is 10.1. The van der Waals surface area contributed by atoms with Crippen LogP contribution in [0.5, 0.6) is 5.75 Å². The van der Waals surface area contributed by atoms with Gasteiger partial charge in [-0.25, -0.2) is 14.8 Å². The van der Waals surface area contributed by atoms with E-state index >= 15 is 0 Å². The third-order valence-corrected chi connectivity index (χ3v) is 4.70. The van der Waals surface area contributed by atoms with Crippen molar-refractivity contribution in [2.45, 2.75) is 37.8 Å². The summed E-state index contributed by atoms with van der Waals surface area (Å²) >= 11 is 0. The first kappa shape index (κ1) is 22.7. The molecule has 1 aliphatic rings. The average molecular weight is 447 g/mol. The van der Waals surface area contributed by atoms with Crippen LogP contribution >= 0.6 is 0 Å². The van der Waals surface area contributed by atoms with Crippen LogP contribution in [-0.2, 0) is 10.9 Å². The first-order valence-corrected chi connectivity index (χ1v) is 9.19. The van der Waals surface area contributed by atoms with Crippen LogP contribution < -0.4 is 9.64 Å². The quantitative estimate of drug-likeness (QED) is 0.616. The predicted molar refractivity (Wildman–Crippen MR) is 97.2 cm³/mol. The summed E-state index contributed by atoms with van der Waals surface area (Å²) in [6.07, 6.45) is -2.13. The van der Waals surface area contributed by atoms with E-state index in [1.165, 1.54) is 12.1 Å². The molecule has 0 bridgehead atoms. The van der Waals surface area contributed by atoms with Gasteiger partial charge in [-0.2, -0.15) is 22.0 Å². The van der Waals surface area contributed by atoms with E-state index in [1.54, 1.807) is 4.90 Å². The molecule has 2 aromatic rings. The van der Waals surface area contributed by atoms with E-state index in [9.17, 15) is 26.7 Å². The minimum absolute atomic E-state index is 0.113. The standard InChI is InChI=1S/C19H18F5N3O4/c20-17(21)30-6-5-13-7-15(31-14-3-1-12(2-4-14)19(22,23)24)10-27(13)18-25-8-11(9-26-18)16(28)29/h1-4,8-9,13,15,17H,5-7,10H2,(H,28,29)/t13-,15-/m1/s1. The summed E-state index contributed by atoms with van der Waals surface area (Å²) in [5.41, 5.74) is -0.917. The fourth-order valence-electron chi connectivity index (χ4n) is 3.27. The lowest BCUT2D eigenvalue weighted by molar-refractivity contribution is -0.137. The Bertz CT molecular complexity index is 878. The second-order valence-corrected chi connectivity index (χ2v) is 6.80. The fourth-order valence-corrected chi connectivity index (χ4v) is 3.27. The molecule has 7 nitrogen and oxygen atoms in total. The van der Waals surface area contributed by atoms with Gasteiger partial charge in [0.15, 0.2) is 0 Å². The molecular formula is C19H18F5N3O4. The van der Waals surface area contributed by atoms with Gasteiger partial charge in [0.05, 0.1) is 24.3 Å². The molecule has 1 saturated heterocycles. The third kappa shape index (κ3) is 6.00. The van der Waals surface area contributed by atoms with Crippen LogP contribution in [0.4, 0.5) is 27.9 Å². The van der Waals surface area contributed by atoms with Crippen LogP contribution in [-0.4, -0.2) is 53.0 Å². The van der Waals surface area contributed by atoms with Crippen molar-refractivity contribution in [1.29, 1.82) is 0 Å². The zero-order valence-corrected chi connectivity index (χ0v) is 15.9. The number of aromatic nitrogens is 2. The zero-order valence-electron chi connectivity index (χ0n) is 15.9. The Morgan fingerprint density at radius 2 is 1.84 bits per heavy atom. The molecule has 1 aliphatic heterocycles. The number of carbonyl (C=O) groups is 1. The van der Waals surface area contributed by atoms with Crippen molar-refractivity contribution in [3.05, 3.63) is 47.8 Å². The SMILES string of the molecule is O=C(O)c1cnc(N2C[C@H](Oc3ccc(C(F)(F)F)cc3)C[C@H]2CCOC(F)F)nc1. The summed E-state index contributed by atoms with van der Waals surface area (Å²) in [6.45, 7) is -2.92. The highest BCUT2D eigenvalue weighted by molar-refractivity contribution is 5.86. The van der Waals surface area contributed by atoms with Gasteiger partial charge >= 0.3 is 18.8 Å². The Balaban J connectivity index is 1.71. The number of ether oxygens (including phenoxy) is 2. The number of rotatable bonds is 8. The highest BCUT2D eigenvalue weighted by atomic mass is 19.4. The molecule has 0 aliphatic carbocycles. The smallest absolute Gasteiger partial charge is 0.416 e. The molecule has 1 aromatic carbocycles. The van der Waals surface area contributed by atoms with E-state index in [0.29, 0.717) is 6.42 Å². The Hall–Kier alpha value is -3.02. The fraction of sp³-hybridized carbons (Fsp3) is 0.421. The van der Waals surface area contributed by atoms with Gasteiger partial charge in [-0.3, -0.25) is 0 Å². The molecule has 1 fully saturated rings. The number of nitrogens with zero attached hydrogens (tertiary/aromatic N) is 3. The summed E-state index contributed by atoms with van der Waals surface area (Å²) in [6, 6.07) is 3.87. The minimum atomic E-state index is -4.46. The van der Waals surface area contributed by atoms with Gasteiger partial charge < -0.3 is 19.5 Å². The molecule has 3 rings (SSSR count). The number of benzene rings is 1. The average Bonchev–Trinajstić information content (AvgIpc) is 3.10. The molecule has 0 radical (unpaired) electrons. The van der Waals surface area contributed by atoms with E-state index in [0.717, 1.165) is 24.5 Å². The Kier molecular flexibility index (Phi) is 6.88. The van der Waals surface area contributed by atoms with Crippen molar-refractivity contribution in [2.75, 3.05) is 18.1 Å². The summed E-state index contributed by atoms with van der Waals surface area (Å²) in [7, 11) is 0. The molecule has 1 N–H and O–H groups in total. The van der Waals surface area contributed by atoms with Crippen molar-refractivity contribution >= 4 is 11.9 Å². The van der Waals surface area contributed by atoms with Crippen molar-refractivity contribution in [2.24, 2.45) is 0 Å². The van der Waals surface area contributed by atoms with Crippen LogP contribution in [0.1, 0.15) is 28.8 Å². The molecule has 2 atom stereocenters. The summed E-state index contributed by atoms with van der Waals surface area (Å²) in [4.78, 5) is 20.7. The van der Waals surface area contributed by atoms with Gasteiger partial charge in [0.2, 0.25) is 5.95 Å². The Morgan fingerprint density at radius 3 is 2.39 bits per heavy atom. The topological polar surface area (TPSA) is 84.8 Å². The molecule has 0 spiro atoms. The van der Waals surface area contributed by atoms with Gasteiger partial charge in [0, 0.05) is 24.9 Å². The van der Waals surface area contributed by atoms with E-state index in [4.69, 9.17) is 9.84 Å². The number of halogens is 5. The number of alkyl halides is 5. The van der Waals surface area contributed by atoms with E-state index in [-0.39, 0.29) is 42.9 Å². The number of hydrogen-bond donors (Lipinski definition) is 1. The highest BCUT2D eigenvalue weighted by Crippen LogP contribution is 2.32. The molecule has 1 aromatic heterocycles. The molecule has 2 heterocycles. The molecular weight excluding hydrogens is 429 g/mol. The largest absolute Gasteiger partial charge is 0.489 e. The van der Waals surface area contributed by atoms with E-state index in [1.807, 2.05) is 0 Å². The lowest BCUT2D eigenvalue weighted by Crippen LogP contribution is -2.32. The molecule has 0 saturated carbocycles. The van der Waals surface area contributed by atoms with Crippen molar-refractivity contribution in [3.63, 3.8) is 0 Å². The van der Waals surface area contributed by atoms with Gasteiger partial charge in [-0.15, -0.1) is 0 Å².